The van der Waals surface area contributed by atoms with Gasteiger partial charge < -0.3 is 15.4 Å². The number of carboxylic acid groups (broad SMARTS) is 1. The summed E-state index contributed by atoms with van der Waals surface area (Å²) in [5.74, 6) is -1.58. The van der Waals surface area contributed by atoms with Crippen LogP contribution in [0.5, 0.6) is 0 Å². The molecule has 31 heavy (non-hydrogen) atoms. The van der Waals surface area contributed by atoms with Crippen LogP contribution in [-0.4, -0.2) is 15.6 Å². The molecule has 0 saturated heterocycles. The van der Waals surface area contributed by atoms with Gasteiger partial charge in [-0.1, -0.05) is 66.7 Å². The van der Waals surface area contributed by atoms with Gasteiger partial charge in [-0.2, -0.15) is 0 Å². The quantitative estimate of drug-likeness (QED) is 0.361. The number of fused-ring (bicyclic) bond motifs is 3. The number of aromatic carboxylic acids is 1. The lowest BCUT2D eigenvalue weighted by molar-refractivity contribution is 0.0687. The average Bonchev–Trinajstić information content (AvgIpc) is 3.10. The Morgan fingerprint density at radius 2 is 1.61 bits per heavy atom. The van der Waals surface area contributed by atoms with Crippen LogP contribution in [0.4, 0.5) is 10.1 Å². The third-order valence-electron chi connectivity index (χ3n) is 5.68. The van der Waals surface area contributed by atoms with E-state index in [0.717, 1.165) is 27.2 Å². The SMILES string of the molecule is Nc1ccccc1Cn1c(C(=O)O)c(-c2ccccc2F)c2c3ccccc3ccc21. The molecular formula is C26H19FN2O2. The van der Waals surface area contributed by atoms with Gasteiger partial charge in [0.05, 0.1) is 12.1 Å². The van der Waals surface area contributed by atoms with Crippen molar-refractivity contribution in [3.63, 3.8) is 0 Å². The normalized spacial score (nSPS) is 11.3. The molecule has 0 atom stereocenters. The summed E-state index contributed by atoms with van der Waals surface area (Å²) in [7, 11) is 0. The van der Waals surface area contributed by atoms with Crippen LogP contribution in [0.15, 0.2) is 84.9 Å². The number of anilines is 1. The van der Waals surface area contributed by atoms with E-state index in [4.69, 9.17) is 5.73 Å². The third-order valence-corrected chi connectivity index (χ3v) is 5.68. The van der Waals surface area contributed by atoms with Crippen LogP contribution in [-0.2, 0) is 6.54 Å². The molecule has 0 radical (unpaired) electrons. The molecule has 0 fully saturated rings. The van der Waals surface area contributed by atoms with Gasteiger partial charge in [0, 0.05) is 22.2 Å². The highest BCUT2D eigenvalue weighted by molar-refractivity contribution is 6.18. The van der Waals surface area contributed by atoms with Crippen LogP contribution in [0, 0.1) is 5.82 Å². The van der Waals surface area contributed by atoms with Gasteiger partial charge in [0.1, 0.15) is 11.5 Å². The molecule has 1 heterocycles. The Kier molecular flexibility index (Phi) is 4.44. The maximum atomic E-state index is 14.9. The van der Waals surface area contributed by atoms with Crippen molar-refractivity contribution >= 4 is 33.3 Å². The maximum absolute atomic E-state index is 14.9. The summed E-state index contributed by atoms with van der Waals surface area (Å²) in [5, 5.41) is 12.8. The van der Waals surface area contributed by atoms with E-state index in [1.54, 1.807) is 28.8 Å². The smallest absolute Gasteiger partial charge is 0.353 e. The molecule has 0 bridgehead atoms. The van der Waals surface area contributed by atoms with E-state index in [9.17, 15) is 14.3 Å². The molecule has 5 heteroatoms. The Morgan fingerprint density at radius 3 is 2.39 bits per heavy atom. The summed E-state index contributed by atoms with van der Waals surface area (Å²) in [6.45, 7) is 0.262. The zero-order valence-corrected chi connectivity index (χ0v) is 16.5. The summed E-state index contributed by atoms with van der Waals surface area (Å²) >= 11 is 0. The van der Waals surface area contributed by atoms with Gasteiger partial charge in [-0.25, -0.2) is 9.18 Å². The fraction of sp³-hybridized carbons (Fsp3) is 0.0385. The Labute approximate surface area is 178 Å². The first-order chi connectivity index (χ1) is 15.1. The number of hydrogen-bond donors (Lipinski definition) is 2. The molecule has 0 saturated carbocycles. The molecule has 0 aliphatic carbocycles. The van der Waals surface area contributed by atoms with Gasteiger partial charge >= 0.3 is 5.97 Å². The monoisotopic (exact) mass is 410 g/mol. The number of carbonyl (C=O) groups is 1. The predicted octanol–water partition coefficient (Wildman–Crippen LogP) is 5.93. The minimum Gasteiger partial charge on any atom is -0.477 e. The first-order valence-electron chi connectivity index (χ1n) is 9.92. The van der Waals surface area contributed by atoms with Crippen molar-refractivity contribution < 1.29 is 14.3 Å². The van der Waals surface area contributed by atoms with Crippen molar-refractivity contribution in [3.8, 4) is 11.1 Å². The molecule has 1 aromatic heterocycles. The van der Waals surface area contributed by atoms with E-state index in [-0.39, 0.29) is 17.8 Å². The second-order valence-corrected chi connectivity index (χ2v) is 7.47. The number of para-hydroxylation sites is 1. The highest BCUT2D eigenvalue weighted by atomic mass is 19.1. The molecule has 0 aliphatic rings. The molecule has 0 amide bonds. The van der Waals surface area contributed by atoms with E-state index in [1.165, 1.54) is 6.07 Å². The third kappa shape index (κ3) is 3.02. The van der Waals surface area contributed by atoms with Crippen LogP contribution >= 0.6 is 0 Å². The second-order valence-electron chi connectivity index (χ2n) is 7.47. The van der Waals surface area contributed by atoms with Crippen LogP contribution in [0.2, 0.25) is 0 Å². The van der Waals surface area contributed by atoms with Crippen LogP contribution in [0.25, 0.3) is 32.8 Å². The van der Waals surface area contributed by atoms with Crippen molar-refractivity contribution in [1.82, 2.24) is 4.57 Å². The Balaban J connectivity index is 1.95. The van der Waals surface area contributed by atoms with Gasteiger partial charge in [-0.15, -0.1) is 0 Å². The molecule has 0 aliphatic heterocycles. The summed E-state index contributed by atoms with van der Waals surface area (Å²) in [4.78, 5) is 12.5. The molecule has 0 unspecified atom stereocenters. The molecule has 3 N–H and O–H groups in total. The zero-order valence-electron chi connectivity index (χ0n) is 16.5. The topological polar surface area (TPSA) is 68.2 Å². The summed E-state index contributed by atoms with van der Waals surface area (Å²) in [6.07, 6.45) is 0. The van der Waals surface area contributed by atoms with E-state index in [0.29, 0.717) is 11.3 Å². The van der Waals surface area contributed by atoms with Crippen molar-refractivity contribution in [2.45, 2.75) is 6.54 Å². The predicted molar refractivity (Wildman–Crippen MR) is 122 cm³/mol. The first kappa shape index (κ1) is 18.9. The number of nitrogen functional groups attached to an aromatic ring is 1. The number of halogens is 1. The van der Waals surface area contributed by atoms with Gasteiger partial charge in [-0.3, -0.25) is 0 Å². The van der Waals surface area contributed by atoms with Gasteiger partial charge in [0.2, 0.25) is 0 Å². The maximum Gasteiger partial charge on any atom is 0.353 e. The van der Waals surface area contributed by atoms with Gasteiger partial charge in [0.25, 0.3) is 0 Å². The minimum absolute atomic E-state index is 0.0414. The summed E-state index contributed by atoms with van der Waals surface area (Å²) in [5.41, 5.74) is 8.94. The fourth-order valence-electron chi connectivity index (χ4n) is 4.28. The number of nitrogens with two attached hydrogens (primary N) is 1. The lowest BCUT2D eigenvalue weighted by Crippen LogP contribution is -2.11. The Bertz CT molecular complexity index is 1470. The van der Waals surface area contributed by atoms with Crippen LogP contribution < -0.4 is 5.73 Å². The minimum atomic E-state index is -1.12. The average molecular weight is 410 g/mol. The lowest BCUT2D eigenvalue weighted by Gasteiger charge is -2.11. The van der Waals surface area contributed by atoms with E-state index in [1.807, 2.05) is 54.6 Å². The largest absolute Gasteiger partial charge is 0.477 e. The molecular weight excluding hydrogens is 391 g/mol. The highest BCUT2D eigenvalue weighted by Gasteiger charge is 2.26. The fourth-order valence-corrected chi connectivity index (χ4v) is 4.28. The van der Waals surface area contributed by atoms with Gasteiger partial charge in [0.15, 0.2) is 0 Å². The summed E-state index contributed by atoms with van der Waals surface area (Å²) < 4.78 is 16.6. The number of aromatic nitrogens is 1. The number of rotatable bonds is 4. The molecule has 0 spiro atoms. The second kappa shape index (κ2) is 7.29. The molecule has 152 valence electrons. The molecule has 5 rings (SSSR count). The molecule has 4 aromatic carbocycles. The van der Waals surface area contributed by atoms with Crippen LogP contribution in [0.3, 0.4) is 0 Å². The summed E-state index contributed by atoms with van der Waals surface area (Å²) in [6, 6.07) is 25.2. The van der Waals surface area contributed by atoms with Crippen molar-refractivity contribution in [1.29, 1.82) is 0 Å². The van der Waals surface area contributed by atoms with Crippen LogP contribution in [0.1, 0.15) is 16.1 Å². The number of nitrogens with zero attached hydrogens (tertiary/aromatic N) is 1. The number of benzene rings is 4. The van der Waals surface area contributed by atoms with E-state index >= 15 is 0 Å². The number of hydrogen-bond acceptors (Lipinski definition) is 2. The Hall–Kier alpha value is -4.12. The lowest BCUT2D eigenvalue weighted by atomic mass is 9.97. The number of carboxylic acids is 1. The molecule has 4 nitrogen and oxygen atoms in total. The zero-order chi connectivity index (χ0) is 21.5. The standard InChI is InChI=1S/C26H19FN2O2/c27-20-11-5-4-10-19(20)24-23-18-9-3-1-7-16(18)13-14-22(23)29(25(24)26(30)31)15-17-8-2-6-12-21(17)28/h1-14H,15,28H2,(H,30,31). The van der Waals surface area contributed by atoms with Crippen molar-refractivity contribution in [3.05, 3.63) is 102 Å². The van der Waals surface area contributed by atoms with Crippen molar-refractivity contribution in [2.75, 3.05) is 5.73 Å². The highest BCUT2D eigenvalue weighted by Crippen LogP contribution is 2.41. The van der Waals surface area contributed by atoms with E-state index in [2.05, 4.69) is 0 Å². The van der Waals surface area contributed by atoms with Gasteiger partial charge in [-0.05, 0) is 34.5 Å². The first-order valence-corrected chi connectivity index (χ1v) is 9.92. The van der Waals surface area contributed by atoms with Crippen molar-refractivity contribution in [2.24, 2.45) is 0 Å². The Morgan fingerprint density at radius 1 is 0.903 bits per heavy atom. The van der Waals surface area contributed by atoms with E-state index < -0.39 is 11.8 Å². The molecule has 5 aromatic rings.